The van der Waals surface area contributed by atoms with E-state index in [0.717, 1.165) is 30.5 Å². The second kappa shape index (κ2) is 8.96. The van der Waals surface area contributed by atoms with Crippen molar-refractivity contribution in [3.63, 3.8) is 0 Å². The van der Waals surface area contributed by atoms with Crippen molar-refractivity contribution >= 4 is 15.9 Å². The van der Waals surface area contributed by atoms with Gasteiger partial charge in [0.2, 0.25) is 15.9 Å². The molecule has 0 radical (unpaired) electrons. The molecule has 0 aliphatic carbocycles. The summed E-state index contributed by atoms with van der Waals surface area (Å²) in [5.74, 6) is 0.261. The lowest BCUT2D eigenvalue weighted by Crippen LogP contribution is -2.35. The molecule has 1 aromatic heterocycles. The molecule has 3 rings (SSSR count). The van der Waals surface area contributed by atoms with E-state index in [4.69, 9.17) is 4.74 Å². The van der Waals surface area contributed by atoms with Crippen molar-refractivity contribution in [2.75, 3.05) is 20.2 Å². The van der Waals surface area contributed by atoms with Gasteiger partial charge in [0.05, 0.1) is 29.8 Å². The second-order valence-electron chi connectivity index (χ2n) is 7.09. The molecule has 0 atom stereocenters. The van der Waals surface area contributed by atoms with Gasteiger partial charge < -0.3 is 10.1 Å². The fourth-order valence-corrected chi connectivity index (χ4v) is 5.21. The van der Waals surface area contributed by atoms with Gasteiger partial charge in [-0.2, -0.15) is 9.40 Å². The maximum Gasteiger partial charge on any atom is 0.251 e. The van der Waals surface area contributed by atoms with Crippen LogP contribution < -0.4 is 10.1 Å². The first kappa shape index (κ1) is 21.3. The molecule has 1 aromatic carbocycles. The minimum atomic E-state index is -3.58. The first-order chi connectivity index (χ1) is 13.9. The van der Waals surface area contributed by atoms with Crippen LogP contribution >= 0.6 is 0 Å². The van der Waals surface area contributed by atoms with Gasteiger partial charge in [-0.3, -0.25) is 4.79 Å². The molecule has 1 N–H and O–H groups in total. The van der Waals surface area contributed by atoms with Crippen LogP contribution in [0.2, 0.25) is 0 Å². The van der Waals surface area contributed by atoms with Crippen molar-refractivity contribution in [3.05, 3.63) is 41.1 Å². The molecule has 1 saturated heterocycles. The molecular weight excluding hydrogens is 392 g/mol. The average molecular weight is 421 g/mol. The predicted octanol–water partition coefficient (Wildman–Crippen LogP) is 2.10. The van der Waals surface area contributed by atoms with Gasteiger partial charge in [-0.15, -0.1) is 0 Å². The van der Waals surface area contributed by atoms with Crippen LogP contribution in [0.25, 0.3) is 0 Å². The Morgan fingerprint density at radius 2 is 1.97 bits per heavy atom. The molecule has 1 fully saturated rings. The summed E-state index contributed by atoms with van der Waals surface area (Å²) in [4.78, 5) is 12.8. The van der Waals surface area contributed by atoms with Gasteiger partial charge in [-0.05, 0) is 37.5 Å². The number of aromatic nitrogens is 2. The molecule has 1 aliphatic rings. The smallest absolute Gasteiger partial charge is 0.251 e. The molecule has 2 aromatic rings. The molecule has 29 heavy (non-hydrogen) atoms. The molecule has 0 bridgehead atoms. The Kier molecular flexibility index (Phi) is 6.59. The number of hydrogen-bond acceptors (Lipinski definition) is 5. The van der Waals surface area contributed by atoms with Crippen molar-refractivity contribution in [2.24, 2.45) is 7.05 Å². The van der Waals surface area contributed by atoms with E-state index < -0.39 is 10.0 Å². The van der Waals surface area contributed by atoms with Gasteiger partial charge >= 0.3 is 0 Å². The minimum Gasteiger partial charge on any atom is -0.481 e. The second-order valence-corrected chi connectivity index (χ2v) is 9.02. The first-order valence-electron chi connectivity index (χ1n) is 9.85. The van der Waals surface area contributed by atoms with Gasteiger partial charge in [0, 0.05) is 25.7 Å². The van der Waals surface area contributed by atoms with E-state index in [1.807, 2.05) is 6.92 Å². The maximum atomic E-state index is 12.9. The Morgan fingerprint density at radius 3 is 2.62 bits per heavy atom. The van der Waals surface area contributed by atoms with Crippen LogP contribution in [0.3, 0.4) is 0 Å². The summed E-state index contributed by atoms with van der Waals surface area (Å²) in [6.45, 7) is 3.29. The fourth-order valence-electron chi connectivity index (χ4n) is 3.65. The summed E-state index contributed by atoms with van der Waals surface area (Å²) in [6, 6.07) is 6.21. The molecule has 0 unspecified atom stereocenters. The topological polar surface area (TPSA) is 93.5 Å². The highest BCUT2D eigenvalue weighted by Crippen LogP contribution is 2.23. The Balaban J connectivity index is 1.77. The van der Waals surface area contributed by atoms with Crippen molar-refractivity contribution < 1.29 is 17.9 Å². The third-order valence-corrected chi connectivity index (χ3v) is 7.07. The van der Waals surface area contributed by atoms with Crippen LogP contribution in [0.4, 0.5) is 0 Å². The number of hydrogen-bond donors (Lipinski definition) is 1. The van der Waals surface area contributed by atoms with Crippen molar-refractivity contribution in [1.82, 2.24) is 19.4 Å². The van der Waals surface area contributed by atoms with Gasteiger partial charge in [-0.25, -0.2) is 13.1 Å². The molecule has 8 nitrogen and oxygen atoms in total. The van der Waals surface area contributed by atoms with Gasteiger partial charge in [-0.1, -0.05) is 19.4 Å². The summed E-state index contributed by atoms with van der Waals surface area (Å²) in [5, 5.41) is 7.26. The van der Waals surface area contributed by atoms with Crippen LogP contribution in [0.5, 0.6) is 5.88 Å². The predicted molar refractivity (Wildman–Crippen MR) is 109 cm³/mol. The zero-order valence-corrected chi connectivity index (χ0v) is 18.0. The lowest BCUT2D eigenvalue weighted by molar-refractivity contribution is 0.0950. The molecule has 158 valence electrons. The van der Waals surface area contributed by atoms with Gasteiger partial charge in [0.15, 0.2) is 0 Å². The lowest BCUT2D eigenvalue weighted by atomic mass is 10.1. The minimum absolute atomic E-state index is 0.153. The zero-order valence-electron chi connectivity index (χ0n) is 17.1. The van der Waals surface area contributed by atoms with Crippen LogP contribution in [-0.2, 0) is 30.0 Å². The normalized spacial score (nSPS) is 15.3. The summed E-state index contributed by atoms with van der Waals surface area (Å²) in [5.41, 5.74) is 1.98. The number of ether oxygens (including phenoxy) is 1. The number of nitrogens with zero attached hydrogens (tertiary/aromatic N) is 3. The van der Waals surface area contributed by atoms with E-state index in [2.05, 4.69) is 10.4 Å². The largest absolute Gasteiger partial charge is 0.481 e. The third-order valence-electron chi connectivity index (χ3n) is 5.17. The van der Waals surface area contributed by atoms with Crippen LogP contribution in [-0.4, -0.2) is 48.6 Å². The van der Waals surface area contributed by atoms with E-state index in [1.54, 1.807) is 37.0 Å². The number of carbonyl (C=O) groups excluding carboxylic acids is 1. The van der Waals surface area contributed by atoms with E-state index in [1.165, 1.54) is 10.4 Å². The van der Waals surface area contributed by atoms with E-state index in [0.29, 0.717) is 31.0 Å². The SMILES string of the molecule is CCc1nn(C)c(OC)c1CNC(=O)c1cccc(S(=O)(=O)N2CCCCC2)c1. The maximum absolute atomic E-state index is 12.9. The molecular formula is C20H28N4O4S. The number of methoxy groups -OCH3 is 1. The van der Waals surface area contributed by atoms with E-state index >= 15 is 0 Å². The number of carbonyl (C=O) groups is 1. The highest BCUT2D eigenvalue weighted by Gasteiger charge is 2.26. The third kappa shape index (κ3) is 4.45. The first-order valence-corrected chi connectivity index (χ1v) is 11.3. The van der Waals surface area contributed by atoms with E-state index in [-0.39, 0.29) is 17.3 Å². The monoisotopic (exact) mass is 420 g/mol. The summed E-state index contributed by atoms with van der Waals surface area (Å²) in [6.07, 6.45) is 3.50. The summed E-state index contributed by atoms with van der Waals surface area (Å²) < 4.78 is 34.3. The zero-order chi connectivity index (χ0) is 21.0. The number of benzene rings is 1. The van der Waals surface area contributed by atoms with E-state index in [9.17, 15) is 13.2 Å². The number of aryl methyl sites for hydroxylation is 2. The number of sulfonamides is 1. The number of rotatable bonds is 7. The fraction of sp³-hybridized carbons (Fsp3) is 0.500. The number of amides is 1. The molecule has 2 heterocycles. The Hall–Kier alpha value is -2.39. The molecule has 9 heteroatoms. The average Bonchev–Trinajstić information content (AvgIpc) is 3.07. The highest BCUT2D eigenvalue weighted by atomic mass is 32.2. The standard InChI is InChI=1S/C20H28N4O4S/c1-4-18-17(20(28-3)23(2)22-18)14-21-19(25)15-9-8-10-16(13-15)29(26,27)24-11-6-5-7-12-24/h8-10,13H,4-7,11-12,14H2,1-3H3,(H,21,25). The summed E-state index contributed by atoms with van der Waals surface area (Å²) in [7, 11) is -0.227. The Morgan fingerprint density at radius 1 is 1.24 bits per heavy atom. The van der Waals surface area contributed by atoms with Crippen molar-refractivity contribution in [3.8, 4) is 5.88 Å². The summed E-state index contributed by atoms with van der Waals surface area (Å²) >= 11 is 0. The van der Waals surface area contributed by atoms with Crippen LogP contribution in [0, 0.1) is 0 Å². The molecule has 0 saturated carbocycles. The van der Waals surface area contributed by atoms with Gasteiger partial charge in [0.1, 0.15) is 0 Å². The molecule has 1 aliphatic heterocycles. The Labute approximate surface area is 171 Å². The van der Waals surface area contributed by atoms with Crippen molar-refractivity contribution in [2.45, 2.75) is 44.0 Å². The number of piperidine rings is 1. The van der Waals surface area contributed by atoms with Crippen LogP contribution in [0.1, 0.15) is 47.8 Å². The van der Waals surface area contributed by atoms with Crippen LogP contribution in [0.15, 0.2) is 29.2 Å². The molecule has 1 amide bonds. The molecule has 0 spiro atoms. The Bertz CT molecular complexity index is 978. The number of nitrogens with one attached hydrogen (secondary N) is 1. The van der Waals surface area contributed by atoms with Gasteiger partial charge in [0.25, 0.3) is 5.91 Å². The quantitative estimate of drug-likeness (QED) is 0.740. The van der Waals surface area contributed by atoms with Crippen molar-refractivity contribution in [1.29, 1.82) is 0 Å². The lowest BCUT2D eigenvalue weighted by Gasteiger charge is -2.26. The highest BCUT2D eigenvalue weighted by molar-refractivity contribution is 7.89.